The Hall–Kier alpha value is -0.950. The number of ether oxygens (including phenoxy) is 1. The first-order chi connectivity index (χ1) is 9.89. The summed E-state index contributed by atoms with van der Waals surface area (Å²) in [7, 11) is -2.09. The fourth-order valence-electron chi connectivity index (χ4n) is 2.10. The molecule has 0 saturated carbocycles. The van der Waals surface area contributed by atoms with Crippen LogP contribution in [0, 0.1) is 5.92 Å². The molecule has 0 spiro atoms. The van der Waals surface area contributed by atoms with Crippen LogP contribution in [0.25, 0.3) is 0 Å². The average Bonchev–Trinajstić information content (AvgIpc) is 2.38. The highest BCUT2D eigenvalue weighted by atomic mass is 32.2. The fraction of sp³-hybridized carbons (Fsp3) is 0.600. The summed E-state index contributed by atoms with van der Waals surface area (Å²) >= 11 is 0. The summed E-state index contributed by atoms with van der Waals surface area (Å²) in [5, 5.41) is 8.96. The summed E-state index contributed by atoms with van der Waals surface area (Å²) < 4.78 is 32.1. The molecule has 5 nitrogen and oxygen atoms in total. The lowest BCUT2D eigenvalue weighted by atomic mass is 10.0. The molecule has 1 aromatic rings. The van der Waals surface area contributed by atoms with Crippen LogP contribution in [0.3, 0.4) is 0 Å². The van der Waals surface area contributed by atoms with E-state index in [9.17, 15) is 8.42 Å². The standard InChI is InChI=1S/C15H25NO4S/c1-12(2)10-13-4-6-15(7-5-13)21(18,19)16-14(8-9-17)11-20-3/h4-7,12,14,16-17H,8-11H2,1-3H3. The predicted octanol–water partition coefficient (Wildman–Crippen LogP) is 1.56. The minimum Gasteiger partial charge on any atom is -0.396 e. The van der Waals surface area contributed by atoms with Gasteiger partial charge in [-0.05, 0) is 36.5 Å². The second-order valence-corrected chi connectivity index (χ2v) is 7.24. The average molecular weight is 315 g/mol. The molecule has 0 fully saturated rings. The molecule has 0 radical (unpaired) electrons. The summed E-state index contributed by atoms with van der Waals surface area (Å²) in [6.07, 6.45) is 1.24. The summed E-state index contributed by atoms with van der Waals surface area (Å²) in [6.45, 7) is 4.38. The molecule has 0 aliphatic carbocycles. The first-order valence-corrected chi connectivity index (χ1v) is 8.58. The molecular weight excluding hydrogens is 290 g/mol. The Balaban J connectivity index is 2.81. The van der Waals surface area contributed by atoms with Gasteiger partial charge in [0.15, 0.2) is 0 Å². The van der Waals surface area contributed by atoms with Crippen molar-refractivity contribution >= 4 is 10.0 Å². The number of hydrogen-bond donors (Lipinski definition) is 2. The lowest BCUT2D eigenvalue weighted by Crippen LogP contribution is -2.38. The molecule has 120 valence electrons. The number of sulfonamides is 1. The minimum atomic E-state index is -3.59. The van der Waals surface area contributed by atoms with Crippen molar-refractivity contribution in [2.24, 2.45) is 5.92 Å². The van der Waals surface area contributed by atoms with Gasteiger partial charge in [-0.1, -0.05) is 26.0 Å². The molecule has 1 atom stereocenters. The molecule has 1 aromatic carbocycles. The molecular formula is C15H25NO4S. The maximum Gasteiger partial charge on any atom is 0.240 e. The highest BCUT2D eigenvalue weighted by molar-refractivity contribution is 7.89. The van der Waals surface area contributed by atoms with Crippen LogP contribution in [0.15, 0.2) is 29.2 Å². The van der Waals surface area contributed by atoms with Gasteiger partial charge in [0.25, 0.3) is 0 Å². The molecule has 1 rings (SSSR count). The maximum absolute atomic E-state index is 12.3. The molecule has 0 aromatic heterocycles. The molecule has 21 heavy (non-hydrogen) atoms. The molecule has 0 heterocycles. The van der Waals surface area contributed by atoms with Crippen molar-refractivity contribution in [3.8, 4) is 0 Å². The number of methoxy groups -OCH3 is 1. The van der Waals surface area contributed by atoms with Crippen LogP contribution in [0.4, 0.5) is 0 Å². The molecule has 0 aliphatic heterocycles. The van der Waals surface area contributed by atoms with Gasteiger partial charge in [-0.3, -0.25) is 0 Å². The van der Waals surface area contributed by atoms with E-state index >= 15 is 0 Å². The summed E-state index contributed by atoms with van der Waals surface area (Å²) in [5.41, 5.74) is 1.12. The van der Waals surface area contributed by atoms with E-state index in [1.165, 1.54) is 7.11 Å². The van der Waals surface area contributed by atoms with Crippen LogP contribution in [-0.2, 0) is 21.2 Å². The van der Waals surface area contributed by atoms with Crippen LogP contribution in [0.2, 0.25) is 0 Å². The first-order valence-electron chi connectivity index (χ1n) is 7.10. The highest BCUT2D eigenvalue weighted by Crippen LogP contribution is 2.14. The van der Waals surface area contributed by atoms with E-state index < -0.39 is 16.1 Å². The van der Waals surface area contributed by atoms with Crippen molar-refractivity contribution in [2.75, 3.05) is 20.3 Å². The van der Waals surface area contributed by atoms with Crippen molar-refractivity contribution < 1.29 is 18.3 Å². The third-order valence-electron chi connectivity index (χ3n) is 3.04. The number of rotatable bonds is 9. The normalized spacial score (nSPS) is 13.6. The SMILES string of the molecule is COCC(CCO)NS(=O)(=O)c1ccc(CC(C)C)cc1. The number of aliphatic hydroxyl groups excluding tert-OH is 1. The second kappa shape index (κ2) is 8.48. The monoisotopic (exact) mass is 315 g/mol. The third kappa shape index (κ3) is 6.13. The van der Waals surface area contributed by atoms with Crippen molar-refractivity contribution in [1.82, 2.24) is 4.72 Å². The third-order valence-corrected chi connectivity index (χ3v) is 4.58. The summed E-state index contributed by atoms with van der Waals surface area (Å²) in [6, 6.07) is 6.48. The van der Waals surface area contributed by atoms with Crippen LogP contribution in [0.1, 0.15) is 25.8 Å². The summed E-state index contributed by atoms with van der Waals surface area (Å²) in [5.74, 6) is 0.529. The predicted molar refractivity (Wildman–Crippen MR) is 82.7 cm³/mol. The zero-order valence-corrected chi connectivity index (χ0v) is 13.7. The number of benzene rings is 1. The minimum absolute atomic E-state index is 0.0934. The van der Waals surface area contributed by atoms with E-state index in [1.54, 1.807) is 12.1 Å². The lowest BCUT2D eigenvalue weighted by Gasteiger charge is -2.17. The van der Waals surface area contributed by atoms with Crippen LogP contribution >= 0.6 is 0 Å². The summed E-state index contributed by atoms with van der Waals surface area (Å²) in [4.78, 5) is 0.231. The van der Waals surface area contributed by atoms with Crippen LogP contribution in [0.5, 0.6) is 0 Å². The van der Waals surface area contributed by atoms with E-state index in [1.807, 2.05) is 12.1 Å². The Labute approximate surface area is 127 Å². The van der Waals surface area contributed by atoms with E-state index in [-0.39, 0.29) is 18.1 Å². The van der Waals surface area contributed by atoms with Crippen molar-refractivity contribution in [3.63, 3.8) is 0 Å². The van der Waals surface area contributed by atoms with E-state index in [4.69, 9.17) is 9.84 Å². The van der Waals surface area contributed by atoms with Gasteiger partial charge in [0, 0.05) is 19.8 Å². The van der Waals surface area contributed by atoms with Gasteiger partial charge in [0.1, 0.15) is 0 Å². The van der Waals surface area contributed by atoms with Gasteiger partial charge in [-0.15, -0.1) is 0 Å². The van der Waals surface area contributed by atoms with E-state index in [2.05, 4.69) is 18.6 Å². The maximum atomic E-state index is 12.3. The van der Waals surface area contributed by atoms with Crippen molar-refractivity contribution in [3.05, 3.63) is 29.8 Å². The Kier molecular flexibility index (Phi) is 7.31. The molecule has 0 bridgehead atoms. The zero-order chi connectivity index (χ0) is 15.9. The van der Waals surface area contributed by atoms with Gasteiger partial charge in [-0.25, -0.2) is 13.1 Å². The van der Waals surface area contributed by atoms with Crippen molar-refractivity contribution in [2.45, 2.75) is 37.6 Å². The topological polar surface area (TPSA) is 75.6 Å². The van der Waals surface area contributed by atoms with Gasteiger partial charge in [0.2, 0.25) is 10.0 Å². The Morgan fingerprint density at radius 2 is 1.86 bits per heavy atom. The Morgan fingerprint density at radius 3 is 2.33 bits per heavy atom. The van der Waals surface area contributed by atoms with Crippen LogP contribution in [-0.4, -0.2) is 39.9 Å². The van der Waals surface area contributed by atoms with E-state index in [0.717, 1.165) is 12.0 Å². The Morgan fingerprint density at radius 1 is 1.24 bits per heavy atom. The fourth-order valence-corrected chi connectivity index (χ4v) is 3.35. The molecule has 0 amide bonds. The largest absolute Gasteiger partial charge is 0.396 e. The zero-order valence-electron chi connectivity index (χ0n) is 12.9. The first kappa shape index (κ1) is 18.1. The van der Waals surface area contributed by atoms with Gasteiger partial charge in [0.05, 0.1) is 11.5 Å². The number of hydrogen-bond acceptors (Lipinski definition) is 4. The molecule has 1 unspecified atom stereocenters. The van der Waals surface area contributed by atoms with Gasteiger partial charge < -0.3 is 9.84 Å². The van der Waals surface area contributed by atoms with Gasteiger partial charge in [-0.2, -0.15) is 0 Å². The lowest BCUT2D eigenvalue weighted by molar-refractivity contribution is 0.158. The number of aliphatic hydroxyl groups is 1. The second-order valence-electron chi connectivity index (χ2n) is 5.53. The number of nitrogens with one attached hydrogen (secondary N) is 1. The molecule has 6 heteroatoms. The molecule has 0 saturated heterocycles. The van der Waals surface area contributed by atoms with Crippen LogP contribution < -0.4 is 4.72 Å². The highest BCUT2D eigenvalue weighted by Gasteiger charge is 2.19. The van der Waals surface area contributed by atoms with Crippen molar-refractivity contribution in [1.29, 1.82) is 0 Å². The molecule has 2 N–H and O–H groups in total. The van der Waals surface area contributed by atoms with E-state index in [0.29, 0.717) is 12.3 Å². The smallest absolute Gasteiger partial charge is 0.240 e. The Bertz CT molecular complexity index is 505. The molecule has 0 aliphatic rings. The quantitative estimate of drug-likeness (QED) is 0.725. The van der Waals surface area contributed by atoms with Gasteiger partial charge >= 0.3 is 0 Å².